The Morgan fingerprint density at radius 1 is 1.25 bits per heavy atom. The van der Waals surface area contributed by atoms with Crippen molar-refractivity contribution in [1.29, 1.82) is 0 Å². The van der Waals surface area contributed by atoms with Crippen LogP contribution >= 0.6 is 0 Å². The molecule has 1 aliphatic carbocycles. The molecular weight excluding hydrogens is 295 g/mol. The van der Waals surface area contributed by atoms with Gasteiger partial charge in [0, 0.05) is 6.61 Å². The van der Waals surface area contributed by atoms with Crippen molar-refractivity contribution in [2.24, 2.45) is 11.8 Å². The molecular formula is C13H17BF3KO2. The van der Waals surface area contributed by atoms with Gasteiger partial charge in [0.15, 0.2) is 0 Å². The van der Waals surface area contributed by atoms with Crippen molar-refractivity contribution in [2.75, 3.05) is 6.61 Å². The van der Waals surface area contributed by atoms with Crippen LogP contribution in [0.2, 0.25) is 5.82 Å². The summed E-state index contributed by atoms with van der Waals surface area (Å²) in [4.78, 5) is 0. The van der Waals surface area contributed by atoms with Crippen LogP contribution in [0.5, 0.6) is 0 Å². The van der Waals surface area contributed by atoms with E-state index >= 15 is 0 Å². The maximum absolute atomic E-state index is 12.7. The molecule has 1 aliphatic rings. The van der Waals surface area contributed by atoms with Gasteiger partial charge in [0.2, 0.25) is 0 Å². The summed E-state index contributed by atoms with van der Waals surface area (Å²) in [5.74, 6) is -2.66. The second-order valence-electron chi connectivity index (χ2n) is 5.19. The molecule has 0 unspecified atom stereocenters. The average molecular weight is 312 g/mol. The predicted octanol–water partition coefficient (Wildman–Crippen LogP) is 0.0516. The Balaban J connectivity index is 0.00000200. The molecule has 4 atom stereocenters. The summed E-state index contributed by atoms with van der Waals surface area (Å²) in [5.41, 5.74) is 0.936. The van der Waals surface area contributed by atoms with Crippen molar-refractivity contribution in [2.45, 2.75) is 25.5 Å². The zero-order chi connectivity index (χ0) is 14.0. The van der Waals surface area contributed by atoms with Gasteiger partial charge in [-0.25, -0.2) is 0 Å². The molecule has 0 aromatic heterocycles. The standard InChI is InChI=1S/C13H17BF3O2.K/c1-9(18)12-11(13(12)14(15,16)17)8-19-7-10-5-3-2-4-6-10;/h2-6,9,11-13,18H,7-8H2,1H3;/q-1;+1/t9-,11-,12+,13-;/m0./s1. The molecule has 1 aromatic carbocycles. The van der Waals surface area contributed by atoms with E-state index in [0.717, 1.165) is 5.56 Å². The maximum Gasteiger partial charge on any atom is 1.00 e. The van der Waals surface area contributed by atoms with E-state index in [0.29, 0.717) is 6.61 Å². The first-order valence-electron chi connectivity index (χ1n) is 6.41. The van der Waals surface area contributed by atoms with E-state index < -0.39 is 30.7 Å². The molecule has 0 heterocycles. The molecule has 106 valence electrons. The van der Waals surface area contributed by atoms with Gasteiger partial charge >= 0.3 is 58.4 Å². The number of hydrogen-bond donors (Lipinski definition) is 1. The van der Waals surface area contributed by atoms with Crippen LogP contribution in [0.25, 0.3) is 0 Å². The van der Waals surface area contributed by atoms with Crippen LogP contribution in [0.1, 0.15) is 12.5 Å². The third kappa shape index (κ3) is 4.83. The molecule has 2 rings (SSSR count). The first-order chi connectivity index (χ1) is 8.91. The molecule has 0 aliphatic heterocycles. The van der Waals surface area contributed by atoms with E-state index in [1.807, 2.05) is 30.3 Å². The Kier molecular flexibility index (Phi) is 7.25. The fourth-order valence-electron chi connectivity index (χ4n) is 2.75. The summed E-state index contributed by atoms with van der Waals surface area (Å²) in [6, 6.07) is 9.32. The van der Waals surface area contributed by atoms with Crippen molar-refractivity contribution < 1.29 is 74.2 Å². The molecule has 0 saturated heterocycles. The summed E-state index contributed by atoms with van der Waals surface area (Å²) < 4.78 is 43.6. The van der Waals surface area contributed by atoms with Gasteiger partial charge in [0.05, 0.1) is 12.7 Å². The van der Waals surface area contributed by atoms with Gasteiger partial charge in [0.1, 0.15) is 0 Å². The van der Waals surface area contributed by atoms with Crippen LogP contribution in [0.4, 0.5) is 12.9 Å². The minimum absolute atomic E-state index is 0. The molecule has 0 bridgehead atoms. The van der Waals surface area contributed by atoms with Crippen molar-refractivity contribution in [3.63, 3.8) is 0 Å². The minimum Gasteiger partial charge on any atom is -0.449 e. The van der Waals surface area contributed by atoms with Gasteiger partial charge in [-0.2, -0.15) is 0 Å². The summed E-state index contributed by atoms with van der Waals surface area (Å²) >= 11 is 0. The second-order valence-corrected chi connectivity index (χ2v) is 5.19. The molecule has 1 fully saturated rings. The first kappa shape index (κ1) is 18.7. The van der Waals surface area contributed by atoms with Gasteiger partial charge in [-0.1, -0.05) is 36.1 Å². The third-order valence-electron chi connectivity index (χ3n) is 3.71. The summed E-state index contributed by atoms with van der Waals surface area (Å²) in [6.07, 6.45) is -0.932. The van der Waals surface area contributed by atoms with Gasteiger partial charge in [-0.15, -0.1) is 0 Å². The predicted molar refractivity (Wildman–Crippen MR) is 67.6 cm³/mol. The fraction of sp³-hybridized carbons (Fsp3) is 0.538. The van der Waals surface area contributed by atoms with Crippen molar-refractivity contribution >= 4 is 6.98 Å². The summed E-state index contributed by atoms with van der Waals surface area (Å²) in [6.45, 7) is -3.12. The van der Waals surface area contributed by atoms with Crippen LogP contribution < -0.4 is 51.4 Å². The molecule has 1 N–H and O–H groups in total. The van der Waals surface area contributed by atoms with Gasteiger partial charge in [-0.05, 0) is 24.3 Å². The normalized spacial score (nSPS) is 26.8. The quantitative estimate of drug-likeness (QED) is 0.753. The largest absolute Gasteiger partial charge is 1.00 e. The van der Waals surface area contributed by atoms with Crippen molar-refractivity contribution in [1.82, 2.24) is 0 Å². The zero-order valence-corrected chi connectivity index (χ0v) is 14.8. The Hall–Kier alpha value is 0.631. The third-order valence-corrected chi connectivity index (χ3v) is 3.71. The van der Waals surface area contributed by atoms with Crippen LogP contribution in [0, 0.1) is 11.8 Å². The summed E-state index contributed by atoms with van der Waals surface area (Å²) in [5, 5.41) is 9.37. The molecule has 1 saturated carbocycles. The molecule has 20 heavy (non-hydrogen) atoms. The molecule has 2 nitrogen and oxygen atoms in total. The smallest absolute Gasteiger partial charge is 0.449 e. The number of halogens is 3. The van der Waals surface area contributed by atoms with Crippen molar-refractivity contribution in [3.8, 4) is 0 Å². The van der Waals surface area contributed by atoms with E-state index in [-0.39, 0.29) is 58.0 Å². The van der Waals surface area contributed by atoms with E-state index in [1.54, 1.807) is 0 Å². The van der Waals surface area contributed by atoms with Crippen LogP contribution in [0.15, 0.2) is 30.3 Å². The van der Waals surface area contributed by atoms with Gasteiger partial charge in [-0.3, -0.25) is 0 Å². The number of ether oxygens (including phenoxy) is 1. The van der Waals surface area contributed by atoms with Crippen LogP contribution in [0.3, 0.4) is 0 Å². The Morgan fingerprint density at radius 3 is 2.30 bits per heavy atom. The number of hydrogen-bond acceptors (Lipinski definition) is 2. The van der Waals surface area contributed by atoms with E-state index in [9.17, 15) is 18.1 Å². The van der Waals surface area contributed by atoms with E-state index in [1.165, 1.54) is 6.92 Å². The second kappa shape index (κ2) is 7.76. The van der Waals surface area contributed by atoms with Gasteiger partial charge in [0.25, 0.3) is 0 Å². The number of rotatable bonds is 6. The Morgan fingerprint density at radius 2 is 1.85 bits per heavy atom. The van der Waals surface area contributed by atoms with E-state index in [4.69, 9.17) is 4.74 Å². The molecule has 0 amide bonds. The van der Waals surface area contributed by atoms with Crippen LogP contribution in [-0.2, 0) is 11.3 Å². The first-order valence-corrected chi connectivity index (χ1v) is 6.41. The molecule has 1 aromatic rings. The SMILES string of the molecule is C[C@H](O)[C@@H]1[C@H](COCc2ccccc2)[C@@H]1[B-](F)(F)F.[K+]. The monoisotopic (exact) mass is 312 g/mol. The number of aliphatic hydroxyl groups excluding tert-OH is 1. The average Bonchev–Trinajstić information content (AvgIpc) is 3.05. The van der Waals surface area contributed by atoms with Crippen molar-refractivity contribution in [3.05, 3.63) is 35.9 Å². The Labute approximate surface area is 159 Å². The minimum atomic E-state index is -4.89. The molecule has 7 heteroatoms. The molecule has 0 spiro atoms. The number of benzene rings is 1. The van der Waals surface area contributed by atoms with Gasteiger partial charge < -0.3 is 22.8 Å². The molecule has 0 radical (unpaired) electrons. The van der Waals surface area contributed by atoms with E-state index in [2.05, 4.69) is 0 Å². The number of aliphatic hydroxyl groups is 1. The fourth-order valence-corrected chi connectivity index (χ4v) is 2.75. The topological polar surface area (TPSA) is 29.5 Å². The summed E-state index contributed by atoms with van der Waals surface area (Å²) in [7, 11) is 0. The van der Waals surface area contributed by atoms with Crippen LogP contribution in [-0.4, -0.2) is 24.8 Å². The maximum atomic E-state index is 12.7. The zero-order valence-electron chi connectivity index (χ0n) is 11.7. The Bertz CT molecular complexity index is 414.